The minimum Gasteiger partial charge on any atom is -0.320 e. The molecule has 2 heterocycles. The average molecular weight is 258 g/mol. The number of nitrogens with zero attached hydrogens (tertiary/aromatic N) is 4. The summed E-state index contributed by atoms with van der Waals surface area (Å²) in [7, 11) is 0. The Morgan fingerprint density at radius 2 is 1.95 bits per heavy atom. The van der Waals surface area contributed by atoms with E-state index in [1.807, 2.05) is 0 Å². The Kier molecular flexibility index (Phi) is 2.31. The Morgan fingerprint density at radius 1 is 1.21 bits per heavy atom. The summed E-state index contributed by atoms with van der Waals surface area (Å²) in [5.74, 6) is -0.368. The molecule has 2 aromatic rings. The van der Waals surface area contributed by atoms with Crippen LogP contribution in [0.25, 0.3) is 5.69 Å². The monoisotopic (exact) mass is 258 g/mol. The zero-order valence-electron chi connectivity index (χ0n) is 9.99. The molecule has 8 nitrogen and oxygen atoms in total. The van der Waals surface area contributed by atoms with Gasteiger partial charge >= 0.3 is 6.03 Å². The topological polar surface area (TPSA) is 102 Å². The molecule has 2 N–H and O–H groups in total. The molecule has 19 heavy (non-hydrogen) atoms. The number of carbonyl (C=O) groups is 2. The molecule has 1 unspecified atom stereocenters. The first-order valence-electron chi connectivity index (χ1n) is 5.57. The van der Waals surface area contributed by atoms with Gasteiger partial charge < -0.3 is 5.32 Å². The zero-order valence-corrected chi connectivity index (χ0v) is 9.99. The molecule has 0 saturated carbocycles. The quantitative estimate of drug-likeness (QED) is 0.721. The van der Waals surface area contributed by atoms with Crippen molar-refractivity contribution >= 4 is 11.9 Å². The van der Waals surface area contributed by atoms with Gasteiger partial charge in [0.25, 0.3) is 5.91 Å². The fourth-order valence-corrected chi connectivity index (χ4v) is 1.97. The lowest BCUT2D eigenvalue weighted by atomic mass is 9.92. The van der Waals surface area contributed by atoms with Gasteiger partial charge in [-0.3, -0.25) is 10.1 Å². The van der Waals surface area contributed by atoms with E-state index in [2.05, 4.69) is 26.2 Å². The summed E-state index contributed by atoms with van der Waals surface area (Å²) in [5.41, 5.74) is 0.408. The van der Waals surface area contributed by atoms with E-state index in [1.54, 1.807) is 31.2 Å². The molecule has 1 aromatic carbocycles. The maximum absolute atomic E-state index is 11.8. The van der Waals surface area contributed by atoms with Crippen LogP contribution in [0.2, 0.25) is 0 Å². The normalized spacial score (nSPS) is 22.2. The lowest BCUT2D eigenvalue weighted by Crippen LogP contribution is -2.40. The summed E-state index contributed by atoms with van der Waals surface area (Å²) in [6.45, 7) is 1.65. The van der Waals surface area contributed by atoms with Gasteiger partial charge in [0.2, 0.25) is 0 Å². The number of hydrogen-bond acceptors (Lipinski definition) is 5. The molecule has 8 heteroatoms. The van der Waals surface area contributed by atoms with E-state index >= 15 is 0 Å². The predicted octanol–water partition coefficient (Wildman–Crippen LogP) is -0.283. The number of rotatable bonds is 2. The second-order valence-corrected chi connectivity index (χ2v) is 4.33. The van der Waals surface area contributed by atoms with E-state index in [9.17, 15) is 9.59 Å². The van der Waals surface area contributed by atoms with Crippen molar-refractivity contribution in [1.82, 2.24) is 30.8 Å². The molecular weight excluding hydrogens is 248 g/mol. The van der Waals surface area contributed by atoms with Crippen LogP contribution in [0.15, 0.2) is 30.6 Å². The van der Waals surface area contributed by atoms with Crippen LogP contribution in [0.3, 0.4) is 0 Å². The predicted molar refractivity (Wildman–Crippen MR) is 63.2 cm³/mol. The highest BCUT2D eigenvalue weighted by Gasteiger charge is 2.43. The number of aromatic nitrogens is 4. The maximum Gasteiger partial charge on any atom is 0.322 e. The fraction of sp³-hybridized carbons (Fsp3) is 0.182. The van der Waals surface area contributed by atoms with Crippen LogP contribution in [-0.2, 0) is 10.3 Å². The van der Waals surface area contributed by atoms with E-state index in [0.29, 0.717) is 5.56 Å². The van der Waals surface area contributed by atoms with Crippen LogP contribution in [0, 0.1) is 0 Å². The van der Waals surface area contributed by atoms with E-state index in [4.69, 9.17) is 0 Å². The van der Waals surface area contributed by atoms with Crippen molar-refractivity contribution < 1.29 is 9.59 Å². The van der Waals surface area contributed by atoms with Gasteiger partial charge in [0.15, 0.2) is 0 Å². The molecule has 0 bridgehead atoms. The molecule has 1 aliphatic rings. The number of tetrazole rings is 1. The molecule has 1 fully saturated rings. The van der Waals surface area contributed by atoms with Gasteiger partial charge in [-0.05, 0) is 35.0 Å². The molecular formula is C11H10N6O2. The largest absolute Gasteiger partial charge is 0.322 e. The molecule has 0 spiro atoms. The first kappa shape index (κ1) is 11.3. The SMILES string of the molecule is CC1(c2ccc(-n3cnnn3)cc2)NC(=O)NC1=O. The summed E-state index contributed by atoms with van der Waals surface area (Å²) < 4.78 is 1.50. The van der Waals surface area contributed by atoms with Crippen LogP contribution in [0.5, 0.6) is 0 Å². The van der Waals surface area contributed by atoms with E-state index in [-0.39, 0.29) is 5.91 Å². The summed E-state index contributed by atoms with van der Waals surface area (Å²) in [6.07, 6.45) is 1.47. The van der Waals surface area contributed by atoms with Gasteiger partial charge in [-0.1, -0.05) is 12.1 Å². The molecule has 1 aliphatic heterocycles. The minimum atomic E-state index is -1.05. The van der Waals surface area contributed by atoms with Crippen molar-refractivity contribution in [3.05, 3.63) is 36.2 Å². The molecule has 1 saturated heterocycles. The molecule has 1 aromatic heterocycles. The van der Waals surface area contributed by atoms with Gasteiger partial charge in [-0.15, -0.1) is 5.10 Å². The number of hydrogen-bond donors (Lipinski definition) is 2. The van der Waals surface area contributed by atoms with E-state index in [1.165, 1.54) is 11.0 Å². The molecule has 0 radical (unpaired) electrons. The number of nitrogens with one attached hydrogen (secondary N) is 2. The van der Waals surface area contributed by atoms with Crippen LogP contribution >= 0.6 is 0 Å². The van der Waals surface area contributed by atoms with Crippen LogP contribution in [0.4, 0.5) is 4.79 Å². The Morgan fingerprint density at radius 3 is 2.47 bits per heavy atom. The number of imide groups is 1. The highest BCUT2D eigenvalue weighted by Crippen LogP contribution is 2.24. The third-order valence-corrected chi connectivity index (χ3v) is 3.10. The van der Waals surface area contributed by atoms with Crippen molar-refractivity contribution in [2.24, 2.45) is 0 Å². The highest BCUT2D eigenvalue weighted by molar-refractivity contribution is 6.07. The zero-order chi connectivity index (χ0) is 13.5. The first-order chi connectivity index (χ1) is 9.09. The maximum atomic E-state index is 11.8. The fourth-order valence-electron chi connectivity index (χ4n) is 1.97. The lowest BCUT2D eigenvalue weighted by Gasteiger charge is -2.21. The van der Waals surface area contributed by atoms with Gasteiger partial charge in [-0.2, -0.15) is 0 Å². The lowest BCUT2D eigenvalue weighted by molar-refractivity contribution is -0.123. The molecule has 1 atom stereocenters. The molecule has 0 aliphatic carbocycles. The Balaban J connectivity index is 1.95. The Labute approximate surface area is 107 Å². The number of urea groups is 1. The van der Waals surface area contributed by atoms with Crippen LogP contribution in [0.1, 0.15) is 12.5 Å². The summed E-state index contributed by atoms with van der Waals surface area (Å²) in [6, 6.07) is 6.56. The van der Waals surface area contributed by atoms with Crippen molar-refractivity contribution in [3.8, 4) is 5.69 Å². The Bertz CT molecular complexity index is 636. The van der Waals surface area contributed by atoms with Gasteiger partial charge in [-0.25, -0.2) is 9.48 Å². The third-order valence-electron chi connectivity index (χ3n) is 3.10. The van der Waals surface area contributed by atoms with Gasteiger partial charge in [0.1, 0.15) is 11.9 Å². The summed E-state index contributed by atoms with van der Waals surface area (Å²) in [4.78, 5) is 23.0. The number of amides is 3. The molecule has 3 amide bonds. The highest BCUT2D eigenvalue weighted by atomic mass is 16.2. The second kappa shape index (κ2) is 3.87. The van der Waals surface area contributed by atoms with Crippen molar-refractivity contribution in [2.75, 3.05) is 0 Å². The van der Waals surface area contributed by atoms with Crippen molar-refractivity contribution in [1.29, 1.82) is 0 Å². The van der Waals surface area contributed by atoms with Crippen LogP contribution in [-0.4, -0.2) is 32.1 Å². The van der Waals surface area contributed by atoms with E-state index < -0.39 is 11.6 Å². The number of benzene rings is 1. The minimum absolute atomic E-state index is 0.368. The molecule has 3 rings (SSSR count). The number of carbonyl (C=O) groups excluding carboxylic acids is 2. The smallest absolute Gasteiger partial charge is 0.320 e. The van der Waals surface area contributed by atoms with Gasteiger partial charge in [0.05, 0.1) is 5.69 Å². The van der Waals surface area contributed by atoms with Gasteiger partial charge in [0, 0.05) is 0 Å². The van der Waals surface area contributed by atoms with Crippen molar-refractivity contribution in [3.63, 3.8) is 0 Å². The van der Waals surface area contributed by atoms with E-state index in [0.717, 1.165) is 5.69 Å². The average Bonchev–Trinajstić information content (AvgIpc) is 2.99. The Hall–Kier alpha value is -2.77. The summed E-state index contributed by atoms with van der Waals surface area (Å²) in [5, 5.41) is 15.7. The third kappa shape index (κ3) is 1.73. The molecule has 96 valence electrons. The standard InChI is InChI=1S/C11H10N6O2/c1-11(9(18)13-10(19)14-11)7-2-4-8(5-3-7)17-6-12-15-16-17/h2-6H,1H3,(H2,13,14,18,19). The van der Waals surface area contributed by atoms with Crippen molar-refractivity contribution in [2.45, 2.75) is 12.5 Å². The summed E-state index contributed by atoms with van der Waals surface area (Å²) >= 11 is 0. The first-order valence-corrected chi connectivity index (χ1v) is 5.57. The van der Waals surface area contributed by atoms with Crippen LogP contribution < -0.4 is 10.6 Å². The second-order valence-electron chi connectivity index (χ2n) is 4.33.